The summed E-state index contributed by atoms with van der Waals surface area (Å²) in [6, 6.07) is 10.5. The van der Waals surface area contributed by atoms with Gasteiger partial charge in [0.25, 0.3) is 0 Å². The van der Waals surface area contributed by atoms with Crippen LogP contribution in [-0.2, 0) is 4.79 Å². The zero-order chi connectivity index (χ0) is 18.8. The first-order valence-corrected chi connectivity index (χ1v) is 11.0. The predicted octanol–water partition coefficient (Wildman–Crippen LogP) is 4.84. The maximum atomic E-state index is 12.4. The van der Waals surface area contributed by atoms with Crippen molar-refractivity contribution < 1.29 is 4.79 Å². The van der Waals surface area contributed by atoms with Gasteiger partial charge < -0.3 is 9.80 Å². The Balaban J connectivity index is 1.42. The second-order valence-electron chi connectivity index (χ2n) is 7.01. The molecule has 0 unspecified atom stereocenters. The van der Waals surface area contributed by atoms with Crippen LogP contribution >= 0.6 is 22.7 Å². The lowest BCUT2D eigenvalue weighted by Gasteiger charge is -2.34. The summed E-state index contributed by atoms with van der Waals surface area (Å²) in [5, 5.41) is 3.09. The maximum Gasteiger partial charge on any atom is 0.246 e. The molecule has 6 heteroatoms. The number of hydrogen-bond donors (Lipinski definition) is 0. The van der Waals surface area contributed by atoms with Gasteiger partial charge in [-0.3, -0.25) is 4.79 Å². The van der Waals surface area contributed by atoms with E-state index in [1.165, 1.54) is 10.3 Å². The summed E-state index contributed by atoms with van der Waals surface area (Å²) >= 11 is 3.39. The minimum Gasteiger partial charge on any atom is -0.345 e. The van der Waals surface area contributed by atoms with Gasteiger partial charge in [0.15, 0.2) is 5.13 Å². The highest BCUT2D eigenvalue weighted by Crippen LogP contribution is 2.33. The van der Waals surface area contributed by atoms with E-state index in [1.807, 2.05) is 28.5 Å². The average Bonchev–Trinajstić information content (AvgIpc) is 3.35. The van der Waals surface area contributed by atoms with Crippen LogP contribution in [0.2, 0.25) is 0 Å². The number of nitrogens with zero attached hydrogens (tertiary/aromatic N) is 3. The fraction of sp³-hybridized carbons (Fsp3) is 0.333. The molecule has 1 aliphatic rings. The molecule has 27 heavy (non-hydrogen) atoms. The summed E-state index contributed by atoms with van der Waals surface area (Å²) in [4.78, 5) is 22.7. The van der Waals surface area contributed by atoms with E-state index in [9.17, 15) is 4.79 Å². The zero-order valence-electron chi connectivity index (χ0n) is 15.6. The van der Waals surface area contributed by atoms with Crippen LogP contribution in [-0.4, -0.2) is 42.0 Å². The van der Waals surface area contributed by atoms with E-state index >= 15 is 0 Å². The zero-order valence-corrected chi connectivity index (χ0v) is 17.2. The number of benzene rings is 1. The van der Waals surface area contributed by atoms with Crippen LogP contribution in [0.25, 0.3) is 16.3 Å². The van der Waals surface area contributed by atoms with Gasteiger partial charge in [-0.05, 0) is 35.1 Å². The molecule has 1 aromatic carbocycles. The highest BCUT2D eigenvalue weighted by Gasteiger charge is 2.22. The smallest absolute Gasteiger partial charge is 0.246 e. The number of rotatable bonds is 4. The number of carbonyl (C=O) groups excluding carboxylic acids is 1. The molecule has 0 aliphatic carbocycles. The largest absolute Gasteiger partial charge is 0.345 e. The van der Waals surface area contributed by atoms with Gasteiger partial charge in [-0.2, -0.15) is 0 Å². The van der Waals surface area contributed by atoms with Crippen LogP contribution in [0.5, 0.6) is 0 Å². The van der Waals surface area contributed by atoms with Gasteiger partial charge in [0.05, 0.1) is 10.2 Å². The number of hydrogen-bond acceptors (Lipinski definition) is 5. The van der Waals surface area contributed by atoms with E-state index < -0.39 is 0 Å². The Morgan fingerprint density at radius 3 is 2.67 bits per heavy atom. The number of para-hydroxylation sites is 1. The van der Waals surface area contributed by atoms with Crippen molar-refractivity contribution in [3.8, 4) is 0 Å². The molecule has 2 aromatic heterocycles. The number of thiazole rings is 1. The first kappa shape index (κ1) is 18.2. The summed E-state index contributed by atoms with van der Waals surface area (Å²) in [6.07, 6.45) is 3.59. The van der Waals surface area contributed by atoms with Crippen molar-refractivity contribution in [2.45, 2.75) is 19.8 Å². The second kappa shape index (κ2) is 7.82. The summed E-state index contributed by atoms with van der Waals surface area (Å²) in [7, 11) is 0. The van der Waals surface area contributed by atoms with Crippen molar-refractivity contribution in [2.75, 3.05) is 31.1 Å². The first-order chi connectivity index (χ1) is 13.1. The van der Waals surface area contributed by atoms with Gasteiger partial charge in [0.1, 0.15) is 0 Å². The lowest BCUT2D eigenvalue weighted by atomic mass is 10.0. The minimum absolute atomic E-state index is 0.0921. The van der Waals surface area contributed by atoms with Crippen LogP contribution in [0.3, 0.4) is 0 Å². The van der Waals surface area contributed by atoms with Gasteiger partial charge in [-0.1, -0.05) is 43.4 Å². The van der Waals surface area contributed by atoms with E-state index in [-0.39, 0.29) is 5.91 Å². The first-order valence-electron chi connectivity index (χ1n) is 9.26. The monoisotopic (exact) mass is 397 g/mol. The van der Waals surface area contributed by atoms with Gasteiger partial charge in [-0.25, -0.2) is 4.98 Å². The quantitative estimate of drug-likeness (QED) is 0.591. The molecule has 3 heterocycles. The maximum absolute atomic E-state index is 12.4. The lowest BCUT2D eigenvalue weighted by Crippen LogP contribution is -2.48. The molecular formula is C21H23N3OS2. The number of anilines is 1. The fourth-order valence-corrected chi connectivity index (χ4v) is 4.99. The molecule has 0 atom stereocenters. The Bertz CT molecular complexity index is 951. The molecule has 1 amide bonds. The summed E-state index contributed by atoms with van der Waals surface area (Å²) in [5.41, 5.74) is 2.44. The molecule has 0 radical (unpaired) electrons. The Morgan fingerprint density at radius 2 is 1.96 bits per heavy atom. The number of amides is 1. The van der Waals surface area contributed by atoms with Crippen molar-refractivity contribution in [1.29, 1.82) is 0 Å². The van der Waals surface area contributed by atoms with Crippen LogP contribution in [0.15, 0.2) is 41.8 Å². The number of fused-ring (bicyclic) bond motifs is 1. The molecule has 0 spiro atoms. The average molecular weight is 398 g/mol. The molecule has 0 saturated carbocycles. The molecular weight excluding hydrogens is 374 g/mol. The van der Waals surface area contributed by atoms with Gasteiger partial charge in [0.2, 0.25) is 5.91 Å². The van der Waals surface area contributed by atoms with Crippen molar-refractivity contribution in [3.05, 3.63) is 52.2 Å². The van der Waals surface area contributed by atoms with E-state index in [1.54, 1.807) is 28.7 Å². The molecule has 0 N–H and O–H groups in total. The Hall–Kier alpha value is -2.18. The third kappa shape index (κ3) is 3.92. The Kier molecular flexibility index (Phi) is 5.27. The normalized spacial score (nSPS) is 15.4. The van der Waals surface area contributed by atoms with Crippen molar-refractivity contribution in [3.63, 3.8) is 0 Å². The van der Waals surface area contributed by atoms with Crippen LogP contribution in [0.4, 0.5) is 5.13 Å². The van der Waals surface area contributed by atoms with Crippen LogP contribution < -0.4 is 4.90 Å². The Morgan fingerprint density at radius 1 is 1.15 bits per heavy atom. The van der Waals surface area contributed by atoms with Crippen molar-refractivity contribution in [1.82, 2.24) is 9.88 Å². The molecule has 3 aromatic rings. The number of carbonyl (C=O) groups is 1. The van der Waals surface area contributed by atoms with Crippen molar-refractivity contribution >= 4 is 50.0 Å². The van der Waals surface area contributed by atoms with E-state index in [2.05, 4.69) is 36.9 Å². The van der Waals surface area contributed by atoms with Crippen molar-refractivity contribution in [2.24, 2.45) is 0 Å². The van der Waals surface area contributed by atoms with Crippen LogP contribution in [0, 0.1) is 0 Å². The summed E-state index contributed by atoms with van der Waals surface area (Å²) in [5.74, 6) is 0.558. The van der Waals surface area contributed by atoms with Gasteiger partial charge in [0, 0.05) is 37.1 Å². The molecule has 1 fully saturated rings. The van der Waals surface area contributed by atoms with Gasteiger partial charge in [-0.15, -0.1) is 11.3 Å². The topological polar surface area (TPSA) is 36.4 Å². The SMILES string of the molecule is CC(C)c1cccc2sc(N3CCN(C(=O)/C=C/c4cccs4)CC3)nc12. The van der Waals surface area contributed by atoms with Gasteiger partial charge >= 0.3 is 0 Å². The number of aromatic nitrogens is 1. The van der Waals surface area contributed by atoms with E-state index in [4.69, 9.17) is 4.98 Å². The third-order valence-electron chi connectivity index (χ3n) is 4.86. The number of piperazine rings is 1. The molecule has 0 bridgehead atoms. The van der Waals surface area contributed by atoms with E-state index in [0.29, 0.717) is 5.92 Å². The Labute approximate surface area is 167 Å². The highest BCUT2D eigenvalue weighted by atomic mass is 32.1. The summed E-state index contributed by atoms with van der Waals surface area (Å²) < 4.78 is 1.24. The number of thiophene rings is 1. The summed E-state index contributed by atoms with van der Waals surface area (Å²) in [6.45, 7) is 7.55. The second-order valence-corrected chi connectivity index (χ2v) is 8.99. The molecule has 140 valence electrons. The fourth-order valence-electron chi connectivity index (χ4n) is 3.32. The predicted molar refractivity (Wildman–Crippen MR) is 116 cm³/mol. The third-order valence-corrected chi connectivity index (χ3v) is 6.78. The molecule has 4 nitrogen and oxygen atoms in total. The van der Waals surface area contributed by atoms with E-state index in [0.717, 1.165) is 41.7 Å². The molecule has 4 rings (SSSR count). The lowest BCUT2D eigenvalue weighted by molar-refractivity contribution is -0.126. The molecule has 1 saturated heterocycles. The minimum atomic E-state index is 0.0921. The molecule has 1 aliphatic heterocycles. The standard InChI is InChI=1S/C21H23N3OS2/c1-15(2)17-6-3-7-18-20(17)22-21(27-18)24-12-10-23(11-13-24)19(25)9-8-16-5-4-14-26-16/h3-9,14-15H,10-13H2,1-2H3/b9-8+. The highest BCUT2D eigenvalue weighted by molar-refractivity contribution is 7.22. The van der Waals surface area contributed by atoms with Crippen LogP contribution in [0.1, 0.15) is 30.2 Å².